The van der Waals surface area contributed by atoms with Crippen LogP contribution in [-0.4, -0.2) is 41.3 Å². The number of carbonyl (C=O) groups is 2. The molecule has 1 aliphatic heterocycles. The molecule has 1 heterocycles. The summed E-state index contributed by atoms with van der Waals surface area (Å²) in [6.45, 7) is 8.89. The van der Waals surface area contributed by atoms with Gasteiger partial charge in [0.15, 0.2) is 0 Å². The molecule has 2 amide bonds. The zero-order valence-electron chi connectivity index (χ0n) is 18.4. The lowest BCUT2D eigenvalue weighted by molar-refractivity contribution is -0.138. The second-order valence-corrected chi connectivity index (χ2v) is 8.37. The zero-order chi connectivity index (χ0) is 21.8. The van der Waals surface area contributed by atoms with Crippen molar-refractivity contribution in [1.82, 2.24) is 9.80 Å². The van der Waals surface area contributed by atoms with Gasteiger partial charge in [0.25, 0.3) is 11.8 Å². The summed E-state index contributed by atoms with van der Waals surface area (Å²) >= 11 is 0. The van der Waals surface area contributed by atoms with Gasteiger partial charge in [-0.25, -0.2) is 0 Å². The molecule has 0 aromatic heterocycles. The number of imide groups is 1. The number of ether oxygens (including phenoxy) is 1. The third-order valence-corrected chi connectivity index (χ3v) is 4.85. The molecule has 0 fully saturated rings. The molecule has 2 aromatic carbocycles. The van der Waals surface area contributed by atoms with Gasteiger partial charge in [0.05, 0.1) is 11.7 Å². The van der Waals surface area contributed by atoms with E-state index in [2.05, 4.69) is 0 Å². The molecule has 3 rings (SSSR count). The number of benzene rings is 2. The van der Waals surface area contributed by atoms with Crippen LogP contribution < -0.4 is 4.74 Å². The quantitative estimate of drug-likeness (QED) is 0.612. The van der Waals surface area contributed by atoms with Crippen LogP contribution in [0.5, 0.6) is 5.75 Å². The summed E-state index contributed by atoms with van der Waals surface area (Å²) in [5.41, 5.74) is 2.71. The molecule has 0 saturated heterocycles. The fourth-order valence-electron chi connectivity index (χ4n) is 3.62. The Morgan fingerprint density at radius 1 is 0.900 bits per heavy atom. The summed E-state index contributed by atoms with van der Waals surface area (Å²) in [5.74, 6) is 0.467. The molecule has 0 N–H and O–H groups in total. The van der Waals surface area contributed by atoms with Crippen LogP contribution in [0.4, 0.5) is 0 Å². The second kappa shape index (κ2) is 9.16. The number of nitrogens with zero attached hydrogens (tertiary/aromatic N) is 2. The Labute approximate surface area is 178 Å². The van der Waals surface area contributed by atoms with E-state index in [4.69, 9.17) is 4.74 Å². The number of rotatable bonds is 8. The summed E-state index contributed by atoms with van der Waals surface area (Å²) < 4.78 is 5.72. The lowest BCUT2D eigenvalue weighted by Crippen LogP contribution is -2.36. The standard InChI is InChI=1S/C25H30N2O3/c1-17(2)15-27-24(28)22(20-11-13-21(14-12-20)30-18(3)4)23(25(27)29)26(5)16-19-9-7-6-8-10-19/h6-14,17-18H,15-16H2,1-5H3. The predicted octanol–water partition coefficient (Wildman–Crippen LogP) is 4.34. The number of hydrogen-bond acceptors (Lipinski definition) is 4. The van der Waals surface area contributed by atoms with Crippen LogP contribution >= 0.6 is 0 Å². The highest BCUT2D eigenvalue weighted by molar-refractivity contribution is 6.35. The normalized spacial score (nSPS) is 14.3. The summed E-state index contributed by atoms with van der Waals surface area (Å²) in [6, 6.07) is 17.3. The maximum Gasteiger partial charge on any atom is 0.277 e. The van der Waals surface area contributed by atoms with Crippen LogP contribution in [-0.2, 0) is 16.1 Å². The monoisotopic (exact) mass is 406 g/mol. The molecule has 0 saturated carbocycles. The van der Waals surface area contributed by atoms with E-state index < -0.39 is 0 Å². The summed E-state index contributed by atoms with van der Waals surface area (Å²) in [4.78, 5) is 29.8. The van der Waals surface area contributed by atoms with E-state index in [1.807, 2.05) is 94.2 Å². The van der Waals surface area contributed by atoms with Gasteiger partial charge in [-0.3, -0.25) is 14.5 Å². The average molecular weight is 407 g/mol. The third kappa shape index (κ3) is 4.73. The number of hydrogen-bond donors (Lipinski definition) is 0. The van der Waals surface area contributed by atoms with Crippen LogP contribution in [0.1, 0.15) is 38.8 Å². The molecular weight excluding hydrogens is 376 g/mol. The molecule has 5 heteroatoms. The molecular formula is C25H30N2O3. The van der Waals surface area contributed by atoms with Gasteiger partial charge in [-0.1, -0.05) is 56.3 Å². The van der Waals surface area contributed by atoms with Crippen molar-refractivity contribution in [3.63, 3.8) is 0 Å². The van der Waals surface area contributed by atoms with Crippen molar-refractivity contribution in [3.8, 4) is 5.75 Å². The first kappa shape index (κ1) is 21.6. The van der Waals surface area contributed by atoms with Crippen molar-refractivity contribution in [3.05, 3.63) is 71.4 Å². The van der Waals surface area contributed by atoms with Crippen molar-refractivity contribution >= 4 is 17.4 Å². The van der Waals surface area contributed by atoms with Crippen LogP contribution in [0.3, 0.4) is 0 Å². The fraction of sp³-hybridized carbons (Fsp3) is 0.360. The number of likely N-dealkylation sites (N-methyl/N-ethyl adjacent to an activating group) is 1. The van der Waals surface area contributed by atoms with Crippen molar-refractivity contribution < 1.29 is 14.3 Å². The summed E-state index contributed by atoms with van der Waals surface area (Å²) in [5, 5.41) is 0. The minimum absolute atomic E-state index is 0.0684. The Bertz CT molecular complexity index is 931. The lowest BCUT2D eigenvalue weighted by Gasteiger charge is -2.22. The topological polar surface area (TPSA) is 49.9 Å². The molecule has 0 atom stereocenters. The third-order valence-electron chi connectivity index (χ3n) is 4.85. The average Bonchev–Trinajstić information content (AvgIpc) is 2.93. The highest BCUT2D eigenvalue weighted by Crippen LogP contribution is 2.33. The highest BCUT2D eigenvalue weighted by Gasteiger charge is 2.40. The molecule has 0 aliphatic carbocycles. The van der Waals surface area contributed by atoms with E-state index in [9.17, 15) is 9.59 Å². The van der Waals surface area contributed by atoms with E-state index in [-0.39, 0.29) is 23.8 Å². The summed E-state index contributed by atoms with van der Waals surface area (Å²) in [6.07, 6.45) is 0.0684. The van der Waals surface area contributed by atoms with Crippen molar-refractivity contribution in [2.75, 3.05) is 13.6 Å². The first-order valence-corrected chi connectivity index (χ1v) is 10.4. The second-order valence-electron chi connectivity index (χ2n) is 8.37. The van der Waals surface area contributed by atoms with Crippen molar-refractivity contribution in [1.29, 1.82) is 0 Å². The first-order chi connectivity index (χ1) is 14.3. The molecule has 0 spiro atoms. The molecule has 0 bridgehead atoms. The van der Waals surface area contributed by atoms with Crippen LogP contribution in [0, 0.1) is 5.92 Å². The molecule has 0 radical (unpaired) electrons. The van der Waals surface area contributed by atoms with Crippen LogP contribution in [0.25, 0.3) is 5.57 Å². The zero-order valence-corrected chi connectivity index (χ0v) is 18.4. The molecule has 1 aliphatic rings. The number of carbonyl (C=O) groups excluding carboxylic acids is 2. The van der Waals surface area contributed by atoms with E-state index in [0.29, 0.717) is 24.4 Å². The maximum absolute atomic E-state index is 13.3. The minimum Gasteiger partial charge on any atom is -0.491 e. The Morgan fingerprint density at radius 3 is 2.10 bits per heavy atom. The largest absolute Gasteiger partial charge is 0.491 e. The SMILES string of the molecule is CC(C)CN1C(=O)C(c2ccc(OC(C)C)cc2)=C(N(C)Cc2ccccc2)C1=O. The van der Waals surface area contributed by atoms with E-state index in [1.165, 1.54) is 4.90 Å². The van der Waals surface area contributed by atoms with Gasteiger partial charge in [0.1, 0.15) is 11.4 Å². The smallest absolute Gasteiger partial charge is 0.277 e. The Balaban J connectivity index is 1.99. The van der Waals surface area contributed by atoms with Crippen molar-refractivity contribution in [2.45, 2.75) is 40.3 Å². The van der Waals surface area contributed by atoms with Gasteiger partial charge in [0, 0.05) is 20.1 Å². The molecule has 5 nitrogen and oxygen atoms in total. The Kier molecular flexibility index (Phi) is 6.60. The van der Waals surface area contributed by atoms with Gasteiger partial charge in [0.2, 0.25) is 0 Å². The maximum atomic E-state index is 13.3. The van der Waals surface area contributed by atoms with Crippen molar-refractivity contribution in [2.24, 2.45) is 5.92 Å². The van der Waals surface area contributed by atoms with Gasteiger partial charge < -0.3 is 9.64 Å². The van der Waals surface area contributed by atoms with Crippen LogP contribution in [0.15, 0.2) is 60.3 Å². The first-order valence-electron chi connectivity index (χ1n) is 10.4. The van der Waals surface area contributed by atoms with Gasteiger partial charge in [-0.05, 0) is 43.0 Å². The summed E-state index contributed by atoms with van der Waals surface area (Å²) in [7, 11) is 1.86. The lowest BCUT2D eigenvalue weighted by atomic mass is 10.0. The van der Waals surface area contributed by atoms with E-state index in [1.54, 1.807) is 0 Å². The molecule has 2 aromatic rings. The van der Waals surface area contributed by atoms with Crippen LogP contribution in [0.2, 0.25) is 0 Å². The highest BCUT2D eigenvalue weighted by atomic mass is 16.5. The Hall–Kier alpha value is -3.08. The Morgan fingerprint density at radius 2 is 1.53 bits per heavy atom. The van der Waals surface area contributed by atoms with Gasteiger partial charge in [-0.15, -0.1) is 0 Å². The van der Waals surface area contributed by atoms with Gasteiger partial charge in [-0.2, -0.15) is 0 Å². The fourth-order valence-corrected chi connectivity index (χ4v) is 3.62. The predicted molar refractivity (Wildman–Crippen MR) is 119 cm³/mol. The number of amides is 2. The molecule has 0 unspecified atom stereocenters. The van der Waals surface area contributed by atoms with Gasteiger partial charge >= 0.3 is 0 Å². The molecule has 30 heavy (non-hydrogen) atoms. The molecule has 158 valence electrons. The minimum atomic E-state index is -0.235. The van der Waals surface area contributed by atoms with E-state index >= 15 is 0 Å². The van der Waals surface area contributed by atoms with E-state index in [0.717, 1.165) is 16.9 Å².